The number of hydrogen-bond donors (Lipinski definition) is 0. The van der Waals surface area contributed by atoms with Gasteiger partial charge in [-0.15, -0.1) is 0 Å². The van der Waals surface area contributed by atoms with E-state index >= 15 is 0 Å². The van der Waals surface area contributed by atoms with E-state index in [9.17, 15) is 0 Å². The average Bonchev–Trinajstić information content (AvgIpc) is 0.918. The average molecular weight is 184 g/mol. The van der Waals surface area contributed by atoms with Crippen LogP contribution in [0.25, 0.3) is 0 Å². The lowest BCUT2D eigenvalue weighted by atomic mass is 10.6. The Hall–Kier alpha value is -0.490. The molecule has 7 heteroatoms. The molecule has 0 saturated heterocycles. The Morgan fingerprint density at radius 1 is 0.500 bits per heavy atom. The van der Waals surface area contributed by atoms with Crippen molar-refractivity contribution in [2.75, 3.05) is 0 Å². The second-order valence-corrected chi connectivity index (χ2v) is 0.707. The predicted octanol–water partition coefficient (Wildman–Crippen LogP) is 2.48. The molecule has 76 valence electrons. The Morgan fingerprint density at radius 3 is 0.500 bits per heavy atom. The molecule has 0 rings (SSSR count). The van der Waals surface area contributed by atoms with Crippen LogP contribution in [0.4, 0.5) is 32.9 Å². The first-order chi connectivity index (χ1) is 1.41. The molecule has 0 aliphatic rings. The minimum Gasteiger partial charge on any atom is -0.269 e. The minimum atomic E-state index is 0. The van der Waals surface area contributed by atoms with Crippen molar-refractivity contribution >= 4 is 0 Å². The molecular formula is C3H15F7. The summed E-state index contributed by atoms with van der Waals surface area (Å²) in [6.07, 6.45) is 1.25. The van der Waals surface area contributed by atoms with Gasteiger partial charge in [0.15, 0.2) is 0 Å². The van der Waals surface area contributed by atoms with E-state index < -0.39 is 0 Å². The van der Waals surface area contributed by atoms with Crippen LogP contribution in [-0.4, -0.2) is 0 Å². The smallest absolute Gasteiger partial charge is 0.0590 e. The molecule has 0 bridgehead atoms. The van der Waals surface area contributed by atoms with Gasteiger partial charge in [-0.3, -0.25) is 32.9 Å². The summed E-state index contributed by atoms with van der Waals surface area (Å²) >= 11 is 0. The molecule has 0 saturated carbocycles. The lowest BCUT2D eigenvalue weighted by Gasteiger charge is -1.48. The maximum absolute atomic E-state index is 2.12. The third kappa shape index (κ3) is 1330. The molecule has 0 nitrogen and oxygen atoms in total. The van der Waals surface area contributed by atoms with Crippen LogP contribution >= 0.6 is 0 Å². The summed E-state index contributed by atoms with van der Waals surface area (Å²) in [6, 6.07) is 0. The zero-order chi connectivity index (χ0) is 2.71. The number of halogens is 7. The molecule has 0 aliphatic heterocycles. The fraction of sp³-hybridized carbons (Fsp3) is 1.00. The number of hydrogen-bond acceptors (Lipinski definition) is 0. The first-order valence-electron chi connectivity index (χ1n) is 1.41. The largest absolute Gasteiger partial charge is 0.269 e. The van der Waals surface area contributed by atoms with Gasteiger partial charge in [0.1, 0.15) is 0 Å². The molecule has 0 fully saturated rings. The Kier molecular flexibility index (Phi) is 55700. The van der Waals surface area contributed by atoms with Gasteiger partial charge >= 0.3 is 0 Å². The zero-order valence-corrected chi connectivity index (χ0v) is 5.56. The fourth-order valence-corrected chi connectivity index (χ4v) is 0. The lowest BCUT2D eigenvalue weighted by Crippen LogP contribution is -1.27. The predicted molar refractivity (Wildman–Crippen MR) is 33.5 cm³/mol. The molecule has 0 aromatic carbocycles. The van der Waals surface area contributed by atoms with Crippen molar-refractivity contribution in [3.8, 4) is 0 Å². The van der Waals surface area contributed by atoms with Crippen LogP contribution in [-0.2, 0) is 0 Å². The van der Waals surface area contributed by atoms with Crippen molar-refractivity contribution in [3.05, 3.63) is 0 Å². The highest BCUT2D eigenvalue weighted by molar-refractivity contribution is 3.92. The molecule has 10 heavy (non-hydrogen) atoms. The quantitative estimate of drug-likeness (QED) is 0.507. The van der Waals surface area contributed by atoms with Gasteiger partial charge in [0, 0.05) is 0 Å². The monoisotopic (exact) mass is 184 g/mol. The molecule has 0 amide bonds. The van der Waals surface area contributed by atoms with Crippen LogP contribution in [0.5, 0.6) is 0 Å². The Labute approximate surface area is 54.6 Å². The van der Waals surface area contributed by atoms with Crippen LogP contribution in [0.15, 0.2) is 0 Å². The second kappa shape index (κ2) is 1850. The molecule has 0 aromatic heterocycles. The molecule has 0 atom stereocenters. The lowest BCUT2D eigenvalue weighted by molar-refractivity contribution is 1.09. The third-order valence-electron chi connectivity index (χ3n) is 0. The summed E-state index contributed by atoms with van der Waals surface area (Å²) < 4.78 is 0. The van der Waals surface area contributed by atoms with Crippen molar-refractivity contribution in [2.24, 2.45) is 0 Å². The van der Waals surface area contributed by atoms with Gasteiger partial charge in [0.05, 0.1) is 0 Å². The van der Waals surface area contributed by atoms with E-state index in [4.69, 9.17) is 0 Å². The van der Waals surface area contributed by atoms with E-state index in [-0.39, 0.29) is 32.9 Å². The molecule has 0 aliphatic carbocycles. The summed E-state index contributed by atoms with van der Waals surface area (Å²) in [5.74, 6) is 0. The van der Waals surface area contributed by atoms with E-state index in [0.717, 1.165) is 0 Å². The maximum Gasteiger partial charge on any atom is -0.0590 e. The summed E-state index contributed by atoms with van der Waals surface area (Å²) in [4.78, 5) is 0. The standard InChI is InChI=1S/C3H8.7FH/c1-3-2;;;;;;;/h3H2,1-2H3;7*1H. The van der Waals surface area contributed by atoms with Gasteiger partial charge in [0.25, 0.3) is 0 Å². The molecule has 0 N–H and O–H groups in total. The van der Waals surface area contributed by atoms with E-state index in [2.05, 4.69) is 13.8 Å². The van der Waals surface area contributed by atoms with Crippen molar-refractivity contribution in [2.45, 2.75) is 20.3 Å². The Morgan fingerprint density at radius 2 is 0.500 bits per heavy atom. The second-order valence-electron chi connectivity index (χ2n) is 0.707. The topological polar surface area (TPSA) is 0 Å². The molecular weight excluding hydrogens is 169 g/mol. The summed E-state index contributed by atoms with van der Waals surface area (Å²) in [5, 5.41) is 0. The molecule has 0 spiro atoms. The van der Waals surface area contributed by atoms with Gasteiger partial charge in [-0.1, -0.05) is 20.3 Å². The van der Waals surface area contributed by atoms with E-state index in [1.54, 1.807) is 0 Å². The van der Waals surface area contributed by atoms with Gasteiger partial charge < -0.3 is 0 Å². The zero-order valence-electron chi connectivity index (χ0n) is 5.56. The molecule has 0 heterocycles. The van der Waals surface area contributed by atoms with Crippen LogP contribution < -0.4 is 0 Å². The Bertz CT molecular complexity index is 8.81. The molecule has 0 aromatic rings. The minimum absolute atomic E-state index is 0. The van der Waals surface area contributed by atoms with E-state index in [1.807, 2.05) is 0 Å². The van der Waals surface area contributed by atoms with Crippen molar-refractivity contribution in [1.82, 2.24) is 0 Å². The summed E-state index contributed by atoms with van der Waals surface area (Å²) in [6.45, 7) is 4.25. The Balaban J connectivity index is -0.000000000952. The van der Waals surface area contributed by atoms with Gasteiger partial charge in [-0.25, -0.2) is 0 Å². The van der Waals surface area contributed by atoms with Gasteiger partial charge in [-0.05, 0) is 0 Å². The van der Waals surface area contributed by atoms with Crippen molar-refractivity contribution < 1.29 is 32.9 Å². The van der Waals surface area contributed by atoms with Crippen LogP contribution in [0, 0.1) is 0 Å². The highest BCUT2D eigenvalue weighted by Gasteiger charge is 1.35. The normalized spacial score (nSPS) is 1.80. The molecule has 0 unspecified atom stereocenters. The summed E-state index contributed by atoms with van der Waals surface area (Å²) in [5.41, 5.74) is 0. The first kappa shape index (κ1) is 302. The summed E-state index contributed by atoms with van der Waals surface area (Å²) in [7, 11) is 0. The van der Waals surface area contributed by atoms with Crippen molar-refractivity contribution in [3.63, 3.8) is 0 Å². The van der Waals surface area contributed by atoms with Crippen LogP contribution in [0.2, 0.25) is 0 Å². The maximum atomic E-state index is 2.12. The first-order valence-corrected chi connectivity index (χ1v) is 1.41. The fourth-order valence-electron chi connectivity index (χ4n) is 0. The molecule has 0 radical (unpaired) electrons. The number of rotatable bonds is 0. The van der Waals surface area contributed by atoms with E-state index in [0.29, 0.717) is 0 Å². The highest BCUT2D eigenvalue weighted by atomic mass is 19.0. The van der Waals surface area contributed by atoms with Crippen LogP contribution in [0.1, 0.15) is 20.3 Å². The van der Waals surface area contributed by atoms with Gasteiger partial charge in [0.2, 0.25) is 0 Å². The third-order valence-corrected chi connectivity index (χ3v) is 0. The van der Waals surface area contributed by atoms with E-state index in [1.165, 1.54) is 6.42 Å². The van der Waals surface area contributed by atoms with Crippen LogP contribution in [0.3, 0.4) is 0 Å². The van der Waals surface area contributed by atoms with Crippen molar-refractivity contribution in [1.29, 1.82) is 0 Å². The highest BCUT2D eigenvalue weighted by Crippen LogP contribution is 1.56. The SMILES string of the molecule is CCC.F.F.F.F.F.F.F. The van der Waals surface area contributed by atoms with Gasteiger partial charge in [-0.2, -0.15) is 0 Å².